The van der Waals surface area contributed by atoms with E-state index in [2.05, 4.69) is 42.8 Å². The van der Waals surface area contributed by atoms with Crippen molar-refractivity contribution in [2.24, 2.45) is 5.73 Å². The van der Waals surface area contributed by atoms with Crippen molar-refractivity contribution >= 4 is 40.6 Å². The summed E-state index contributed by atoms with van der Waals surface area (Å²) in [5, 5.41) is 8.55. The van der Waals surface area contributed by atoms with E-state index in [9.17, 15) is 14.0 Å². The van der Waals surface area contributed by atoms with Gasteiger partial charge in [-0.05, 0) is 37.4 Å². The minimum absolute atomic E-state index is 0.101. The quantitative estimate of drug-likeness (QED) is 0.361. The summed E-state index contributed by atoms with van der Waals surface area (Å²) < 4.78 is 19.9. The second kappa shape index (κ2) is 11.1. The predicted molar refractivity (Wildman–Crippen MR) is 140 cm³/mol. The summed E-state index contributed by atoms with van der Waals surface area (Å²) in [7, 11) is 5.03. The van der Waals surface area contributed by atoms with E-state index < -0.39 is 11.7 Å². The third-order valence-corrected chi connectivity index (χ3v) is 6.05. The van der Waals surface area contributed by atoms with Crippen molar-refractivity contribution in [3.05, 3.63) is 59.5 Å². The van der Waals surface area contributed by atoms with Gasteiger partial charge in [0.05, 0.1) is 30.1 Å². The summed E-state index contributed by atoms with van der Waals surface area (Å²) >= 11 is 0. The number of carbonyl (C=O) groups excluding carboxylic acids is 2. The predicted octanol–water partition coefficient (Wildman–Crippen LogP) is 2.32. The molecule has 0 radical (unpaired) electrons. The number of benzene rings is 2. The van der Waals surface area contributed by atoms with Crippen LogP contribution in [-0.4, -0.2) is 74.1 Å². The monoisotopic (exact) mass is 508 g/mol. The first kappa shape index (κ1) is 25.6. The molecule has 0 atom stereocenters. The Morgan fingerprint density at radius 1 is 1.08 bits per heavy atom. The van der Waals surface area contributed by atoms with E-state index in [0.29, 0.717) is 16.9 Å². The fourth-order valence-corrected chi connectivity index (χ4v) is 4.07. The minimum atomic E-state index is -0.714. The Kier molecular flexibility index (Phi) is 7.68. The lowest BCUT2D eigenvalue weighted by molar-refractivity contribution is 0.0961. The Morgan fingerprint density at radius 2 is 1.84 bits per heavy atom. The molecule has 12 heteroatoms. The van der Waals surface area contributed by atoms with Gasteiger partial charge >= 0.3 is 0 Å². The summed E-state index contributed by atoms with van der Waals surface area (Å²) in [6.45, 7) is 3.42. The zero-order chi connectivity index (χ0) is 26.5. The largest absolute Gasteiger partial charge is 0.494 e. The van der Waals surface area contributed by atoms with Crippen molar-refractivity contribution in [3.63, 3.8) is 0 Å². The SMILES string of the molecule is CNC(=O)c1cc(Nc2ncc(F)c(Nc3cccc(C(N)=O)c3OC)n2)ccc1N1CCN(C)CC1. The van der Waals surface area contributed by atoms with Gasteiger partial charge in [0, 0.05) is 44.6 Å². The molecule has 194 valence electrons. The third kappa shape index (κ3) is 5.70. The van der Waals surface area contributed by atoms with E-state index in [1.165, 1.54) is 13.2 Å². The van der Waals surface area contributed by atoms with Crippen molar-refractivity contribution in [2.45, 2.75) is 0 Å². The number of carbonyl (C=O) groups is 2. The number of hydrogen-bond acceptors (Lipinski definition) is 9. The number of anilines is 5. The Morgan fingerprint density at radius 3 is 2.51 bits per heavy atom. The molecule has 2 amide bonds. The molecule has 2 aromatic carbocycles. The highest BCUT2D eigenvalue weighted by atomic mass is 19.1. The topological polar surface area (TPSA) is 138 Å². The van der Waals surface area contributed by atoms with Crippen LogP contribution in [0.1, 0.15) is 20.7 Å². The van der Waals surface area contributed by atoms with Gasteiger partial charge in [0.1, 0.15) is 0 Å². The Labute approximate surface area is 213 Å². The molecule has 4 rings (SSSR count). The Bertz CT molecular complexity index is 1310. The van der Waals surface area contributed by atoms with Crippen LogP contribution in [0.5, 0.6) is 5.75 Å². The third-order valence-electron chi connectivity index (χ3n) is 6.05. The van der Waals surface area contributed by atoms with E-state index in [0.717, 1.165) is 38.1 Å². The van der Waals surface area contributed by atoms with E-state index >= 15 is 0 Å². The highest BCUT2D eigenvalue weighted by Gasteiger charge is 2.21. The highest BCUT2D eigenvalue weighted by molar-refractivity contribution is 6.01. The van der Waals surface area contributed by atoms with E-state index in [-0.39, 0.29) is 29.0 Å². The smallest absolute Gasteiger partial charge is 0.253 e. The lowest BCUT2D eigenvalue weighted by atomic mass is 10.1. The molecule has 0 aliphatic carbocycles. The molecule has 0 unspecified atom stereocenters. The zero-order valence-corrected chi connectivity index (χ0v) is 20.8. The molecule has 3 aromatic rings. The first-order valence-electron chi connectivity index (χ1n) is 11.6. The molecular formula is C25H29FN8O3. The molecule has 0 saturated carbocycles. The number of methoxy groups -OCH3 is 1. The maximum absolute atomic E-state index is 14.6. The second-order valence-corrected chi connectivity index (χ2v) is 8.49. The molecular weight excluding hydrogens is 479 g/mol. The molecule has 11 nitrogen and oxygen atoms in total. The fraction of sp³-hybridized carbons (Fsp3) is 0.280. The molecule has 37 heavy (non-hydrogen) atoms. The lowest BCUT2D eigenvalue weighted by Gasteiger charge is -2.35. The molecule has 1 aromatic heterocycles. The summed E-state index contributed by atoms with van der Waals surface area (Å²) in [4.78, 5) is 37.1. The number of nitrogens with two attached hydrogens (primary N) is 1. The maximum atomic E-state index is 14.6. The van der Waals surface area contributed by atoms with E-state index in [4.69, 9.17) is 10.5 Å². The number of amides is 2. The molecule has 5 N–H and O–H groups in total. The molecule has 0 bridgehead atoms. The number of nitrogens with one attached hydrogen (secondary N) is 3. The van der Waals surface area contributed by atoms with Gasteiger partial charge in [0.25, 0.3) is 11.8 Å². The molecule has 1 saturated heterocycles. The lowest BCUT2D eigenvalue weighted by Crippen LogP contribution is -2.45. The maximum Gasteiger partial charge on any atom is 0.253 e. The van der Waals surface area contributed by atoms with Crippen molar-refractivity contribution in [1.29, 1.82) is 0 Å². The molecule has 1 aliphatic rings. The van der Waals surface area contributed by atoms with E-state index in [1.54, 1.807) is 25.2 Å². The van der Waals surface area contributed by atoms with Crippen LogP contribution < -0.4 is 31.3 Å². The van der Waals surface area contributed by atoms with Crippen LogP contribution in [0.2, 0.25) is 0 Å². The first-order valence-corrected chi connectivity index (χ1v) is 11.6. The minimum Gasteiger partial charge on any atom is -0.494 e. The summed E-state index contributed by atoms with van der Waals surface area (Å²) in [6, 6.07) is 10.1. The van der Waals surface area contributed by atoms with Gasteiger partial charge in [-0.15, -0.1) is 0 Å². The number of hydrogen-bond donors (Lipinski definition) is 4. The standard InChI is InChI=1S/C25H29FN8O3/c1-28-24(36)17-13-15(7-8-20(17)34-11-9-33(2)10-12-34)30-25-29-14-18(26)23(32-25)31-19-6-4-5-16(22(27)35)21(19)37-3/h4-8,13-14H,9-12H2,1-3H3,(H2,27,35)(H,28,36)(H2,29,30,31,32). The number of nitrogens with zero attached hydrogens (tertiary/aromatic N) is 4. The number of likely N-dealkylation sites (N-methyl/N-ethyl adjacent to an activating group) is 1. The second-order valence-electron chi connectivity index (χ2n) is 8.49. The van der Waals surface area contributed by atoms with Crippen LogP contribution in [0.25, 0.3) is 0 Å². The van der Waals surface area contributed by atoms with Gasteiger partial charge in [-0.25, -0.2) is 9.37 Å². The van der Waals surface area contributed by atoms with Crippen LogP contribution in [0.4, 0.5) is 33.2 Å². The van der Waals surface area contributed by atoms with Crippen LogP contribution in [0, 0.1) is 5.82 Å². The van der Waals surface area contributed by atoms with E-state index in [1.807, 2.05) is 12.1 Å². The van der Waals surface area contributed by atoms with Gasteiger partial charge in [-0.2, -0.15) is 4.98 Å². The molecule has 1 aliphatic heterocycles. The van der Waals surface area contributed by atoms with Gasteiger partial charge < -0.3 is 36.2 Å². The number of ether oxygens (including phenoxy) is 1. The van der Waals surface area contributed by atoms with Crippen molar-refractivity contribution in [3.8, 4) is 5.75 Å². The first-order chi connectivity index (χ1) is 17.8. The van der Waals surface area contributed by atoms with Crippen molar-refractivity contribution < 1.29 is 18.7 Å². The molecule has 1 fully saturated rings. The number of primary amides is 1. The zero-order valence-electron chi connectivity index (χ0n) is 20.8. The average Bonchev–Trinajstić information content (AvgIpc) is 2.90. The van der Waals surface area contributed by atoms with Gasteiger partial charge in [0.15, 0.2) is 17.4 Å². The van der Waals surface area contributed by atoms with Crippen LogP contribution in [-0.2, 0) is 0 Å². The highest BCUT2D eigenvalue weighted by Crippen LogP contribution is 2.32. The molecule has 2 heterocycles. The normalized spacial score (nSPS) is 13.7. The van der Waals surface area contributed by atoms with Crippen LogP contribution in [0.3, 0.4) is 0 Å². The number of rotatable bonds is 8. The van der Waals surface area contributed by atoms with Gasteiger partial charge in [-0.3, -0.25) is 9.59 Å². The molecule has 0 spiro atoms. The number of aromatic nitrogens is 2. The van der Waals surface area contributed by atoms with Crippen LogP contribution >= 0.6 is 0 Å². The van der Waals surface area contributed by atoms with Crippen molar-refractivity contribution in [2.75, 3.05) is 62.9 Å². The number of piperazine rings is 1. The van der Waals surface area contributed by atoms with Crippen molar-refractivity contribution in [1.82, 2.24) is 20.2 Å². The Balaban J connectivity index is 1.60. The van der Waals surface area contributed by atoms with Gasteiger partial charge in [0.2, 0.25) is 5.95 Å². The summed E-state index contributed by atoms with van der Waals surface area (Å²) in [5.74, 6) is -1.49. The fourth-order valence-electron chi connectivity index (χ4n) is 4.07. The number of halogens is 1. The number of para-hydroxylation sites is 1. The summed E-state index contributed by atoms with van der Waals surface area (Å²) in [5.41, 5.74) is 7.76. The summed E-state index contributed by atoms with van der Waals surface area (Å²) in [6.07, 6.45) is 1.01. The Hall–Kier alpha value is -4.45. The average molecular weight is 509 g/mol. The van der Waals surface area contributed by atoms with Crippen LogP contribution in [0.15, 0.2) is 42.6 Å². The van der Waals surface area contributed by atoms with Gasteiger partial charge in [-0.1, -0.05) is 6.07 Å².